The van der Waals surface area contributed by atoms with Crippen LogP contribution in [0.3, 0.4) is 0 Å². The number of hydrogen-bond donors (Lipinski definition) is 2. The van der Waals surface area contributed by atoms with Crippen molar-refractivity contribution in [2.75, 3.05) is 44.7 Å². The summed E-state index contributed by atoms with van der Waals surface area (Å²) < 4.78 is 5.32. The molecule has 1 aromatic carbocycles. The predicted molar refractivity (Wildman–Crippen MR) is 106 cm³/mol. The number of nitrogens with zero attached hydrogens (tertiary/aromatic N) is 1. The third-order valence-electron chi connectivity index (χ3n) is 5.08. The van der Waals surface area contributed by atoms with Crippen molar-refractivity contribution in [2.24, 2.45) is 0 Å². The highest BCUT2D eigenvalue weighted by molar-refractivity contribution is 7.09. The number of carbonyl (C=O) groups is 1. The third kappa shape index (κ3) is 4.77. The Morgan fingerprint density at radius 2 is 2.12 bits per heavy atom. The van der Waals surface area contributed by atoms with E-state index in [1.165, 1.54) is 15.5 Å². The van der Waals surface area contributed by atoms with Gasteiger partial charge >= 0.3 is 0 Å². The lowest BCUT2D eigenvalue weighted by Crippen LogP contribution is -3.19. The average Bonchev–Trinajstić information content (AvgIpc) is 3.21. The smallest absolute Gasteiger partial charge is 0.278 e. The number of ether oxygens (including phenoxy) is 1. The zero-order chi connectivity index (χ0) is 18.4. The molecule has 1 aliphatic rings. The van der Waals surface area contributed by atoms with Crippen LogP contribution in [-0.2, 0) is 11.2 Å². The van der Waals surface area contributed by atoms with Crippen LogP contribution in [0.5, 0.6) is 5.75 Å². The number of nitrogens with one attached hydrogen (secondary N) is 2. The number of quaternary nitrogens is 1. The van der Waals surface area contributed by atoms with Gasteiger partial charge in [-0.15, -0.1) is 11.3 Å². The van der Waals surface area contributed by atoms with E-state index in [9.17, 15) is 4.79 Å². The molecule has 1 aliphatic heterocycles. The van der Waals surface area contributed by atoms with Crippen LogP contribution < -0.4 is 19.9 Å². The molecule has 2 heterocycles. The molecule has 0 saturated carbocycles. The molecule has 26 heavy (non-hydrogen) atoms. The fourth-order valence-corrected chi connectivity index (χ4v) is 4.10. The number of anilines is 1. The maximum absolute atomic E-state index is 12.4. The molecule has 6 heteroatoms. The second-order valence-corrected chi connectivity index (χ2v) is 7.72. The molecule has 3 rings (SSSR count). The molecule has 5 nitrogen and oxygen atoms in total. The Kier molecular flexibility index (Phi) is 6.52. The molecule has 2 aromatic rings. The molecular formula is C20H28N3O2S+. The highest BCUT2D eigenvalue weighted by Crippen LogP contribution is 2.20. The Bertz CT molecular complexity index is 697. The van der Waals surface area contributed by atoms with Gasteiger partial charge in [0.1, 0.15) is 5.75 Å². The molecule has 1 atom stereocenters. The molecule has 0 spiro atoms. The summed E-state index contributed by atoms with van der Waals surface area (Å²) in [5.41, 5.74) is 1.19. The fourth-order valence-electron chi connectivity index (χ4n) is 3.39. The number of thiophene rings is 1. The number of amides is 1. The summed E-state index contributed by atoms with van der Waals surface area (Å²) in [6.45, 7) is 6.60. The van der Waals surface area contributed by atoms with E-state index < -0.39 is 0 Å². The van der Waals surface area contributed by atoms with Crippen molar-refractivity contribution in [2.45, 2.75) is 19.4 Å². The quantitative estimate of drug-likeness (QED) is 0.766. The molecular weight excluding hydrogens is 346 g/mol. The average molecular weight is 375 g/mol. The van der Waals surface area contributed by atoms with Gasteiger partial charge in [-0.05, 0) is 36.9 Å². The van der Waals surface area contributed by atoms with Gasteiger partial charge in [0.25, 0.3) is 5.91 Å². The number of benzene rings is 1. The lowest BCUT2D eigenvalue weighted by Gasteiger charge is -2.36. The van der Waals surface area contributed by atoms with E-state index in [0.717, 1.165) is 38.3 Å². The Morgan fingerprint density at radius 1 is 1.31 bits per heavy atom. The molecule has 1 amide bonds. The van der Waals surface area contributed by atoms with Gasteiger partial charge in [-0.3, -0.25) is 4.79 Å². The Balaban J connectivity index is 1.45. The molecule has 2 N–H and O–H groups in total. The number of hydrogen-bond acceptors (Lipinski definition) is 4. The second-order valence-electron chi connectivity index (χ2n) is 6.69. The number of rotatable bonds is 7. The first-order valence-electron chi connectivity index (χ1n) is 9.21. The lowest BCUT2D eigenvalue weighted by molar-refractivity contribution is -0.914. The van der Waals surface area contributed by atoms with Crippen LogP contribution in [0.25, 0.3) is 0 Å². The molecule has 1 saturated heterocycles. The van der Waals surface area contributed by atoms with Gasteiger partial charge in [0.05, 0.1) is 33.3 Å². The highest BCUT2D eigenvalue weighted by atomic mass is 32.1. The topological polar surface area (TPSA) is 46.0 Å². The molecule has 1 aromatic heterocycles. The van der Waals surface area contributed by atoms with Crippen LogP contribution in [0.2, 0.25) is 0 Å². The van der Waals surface area contributed by atoms with Crippen molar-refractivity contribution >= 4 is 22.9 Å². The van der Waals surface area contributed by atoms with Crippen LogP contribution in [0.15, 0.2) is 41.8 Å². The third-order valence-corrected chi connectivity index (χ3v) is 6.02. The largest absolute Gasteiger partial charge is 0.497 e. The maximum atomic E-state index is 12.4. The standard InChI is InChI=1S/C20H27N3O2S/c1-16(20(24)21-9-8-19-7-4-14-26-19)22-10-12-23(13-11-22)17-5-3-6-18(15-17)25-2/h3-7,14-16H,8-13H2,1-2H3,(H,21,24)/p+1/t16-/m0/s1. The van der Waals surface area contributed by atoms with Crippen LogP contribution in [0.4, 0.5) is 5.69 Å². The monoisotopic (exact) mass is 374 g/mol. The normalized spacial score (nSPS) is 16.3. The summed E-state index contributed by atoms with van der Waals surface area (Å²) in [5.74, 6) is 1.04. The van der Waals surface area contributed by atoms with Crippen molar-refractivity contribution in [3.8, 4) is 5.75 Å². The van der Waals surface area contributed by atoms with Gasteiger partial charge in [0, 0.05) is 23.2 Å². The van der Waals surface area contributed by atoms with Gasteiger partial charge < -0.3 is 19.9 Å². The van der Waals surface area contributed by atoms with E-state index in [1.54, 1.807) is 18.4 Å². The molecule has 1 fully saturated rings. The second kappa shape index (κ2) is 9.05. The van der Waals surface area contributed by atoms with E-state index in [-0.39, 0.29) is 11.9 Å². The minimum atomic E-state index is -0.00852. The van der Waals surface area contributed by atoms with Gasteiger partial charge in [0.2, 0.25) is 0 Å². The Morgan fingerprint density at radius 3 is 2.81 bits per heavy atom. The molecule has 0 radical (unpaired) electrons. The summed E-state index contributed by atoms with van der Waals surface area (Å²) in [5, 5.41) is 5.17. The minimum Gasteiger partial charge on any atom is -0.497 e. The van der Waals surface area contributed by atoms with Crippen LogP contribution in [0.1, 0.15) is 11.8 Å². The summed E-state index contributed by atoms with van der Waals surface area (Å²) in [4.78, 5) is 17.5. The lowest BCUT2D eigenvalue weighted by atomic mass is 10.2. The molecule has 0 aliphatic carbocycles. The van der Waals surface area contributed by atoms with Gasteiger partial charge in [-0.2, -0.15) is 0 Å². The maximum Gasteiger partial charge on any atom is 0.278 e. The number of piperazine rings is 1. The Hall–Kier alpha value is -2.05. The van der Waals surface area contributed by atoms with E-state index in [1.807, 2.05) is 19.1 Å². The highest BCUT2D eigenvalue weighted by Gasteiger charge is 2.29. The van der Waals surface area contributed by atoms with Gasteiger partial charge in [0.15, 0.2) is 6.04 Å². The van der Waals surface area contributed by atoms with Crippen LogP contribution in [0, 0.1) is 0 Å². The van der Waals surface area contributed by atoms with Crippen LogP contribution in [-0.4, -0.2) is 51.8 Å². The molecule has 0 bridgehead atoms. The van der Waals surface area contributed by atoms with Gasteiger partial charge in [-0.25, -0.2) is 0 Å². The number of carbonyl (C=O) groups excluding carboxylic acids is 1. The summed E-state index contributed by atoms with van der Waals surface area (Å²) in [7, 11) is 1.69. The summed E-state index contributed by atoms with van der Waals surface area (Å²) in [6, 6.07) is 12.3. The zero-order valence-corrected chi connectivity index (χ0v) is 16.3. The van der Waals surface area contributed by atoms with Crippen molar-refractivity contribution in [1.29, 1.82) is 0 Å². The van der Waals surface area contributed by atoms with Crippen LogP contribution >= 0.6 is 11.3 Å². The predicted octanol–water partition coefficient (Wildman–Crippen LogP) is 1.21. The van der Waals surface area contributed by atoms with E-state index in [4.69, 9.17) is 4.74 Å². The van der Waals surface area contributed by atoms with Crippen molar-refractivity contribution in [1.82, 2.24) is 5.32 Å². The van der Waals surface area contributed by atoms with E-state index in [0.29, 0.717) is 6.54 Å². The SMILES string of the molecule is COc1cccc(N2CC[NH+]([C@@H](C)C(=O)NCCc3cccs3)CC2)c1. The first-order valence-corrected chi connectivity index (χ1v) is 10.1. The van der Waals surface area contributed by atoms with Crippen molar-refractivity contribution in [3.63, 3.8) is 0 Å². The van der Waals surface area contributed by atoms with Crippen molar-refractivity contribution < 1.29 is 14.4 Å². The zero-order valence-electron chi connectivity index (χ0n) is 15.5. The first-order chi connectivity index (χ1) is 12.7. The Labute approximate surface area is 159 Å². The van der Waals surface area contributed by atoms with Gasteiger partial charge in [-0.1, -0.05) is 12.1 Å². The molecule has 140 valence electrons. The minimum absolute atomic E-state index is 0.00852. The van der Waals surface area contributed by atoms with E-state index >= 15 is 0 Å². The fraction of sp³-hybridized carbons (Fsp3) is 0.450. The number of methoxy groups -OCH3 is 1. The first kappa shape index (κ1) is 18.7. The van der Waals surface area contributed by atoms with Crippen molar-refractivity contribution in [3.05, 3.63) is 46.7 Å². The van der Waals surface area contributed by atoms with E-state index in [2.05, 4.69) is 39.9 Å². The molecule has 0 unspecified atom stereocenters. The summed E-state index contributed by atoms with van der Waals surface area (Å²) in [6.07, 6.45) is 0.912. The summed E-state index contributed by atoms with van der Waals surface area (Å²) >= 11 is 1.74.